The van der Waals surface area contributed by atoms with Crippen LogP contribution >= 0.6 is 11.6 Å². The molecule has 1 aromatic carbocycles. The highest BCUT2D eigenvalue weighted by atomic mass is 35.5. The normalized spacial score (nSPS) is 14.5. The average molecular weight is 481 g/mol. The second-order valence-electron chi connectivity index (χ2n) is 8.14. The Kier molecular flexibility index (Phi) is 6.94. The number of amides is 2. The van der Waals surface area contributed by atoms with Crippen LogP contribution in [-0.4, -0.2) is 27.4 Å². The molecule has 2 aromatic heterocycles. The molecule has 34 heavy (non-hydrogen) atoms. The van der Waals surface area contributed by atoms with Crippen LogP contribution in [0.5, 0.6) is 0 Å². The predicted octanol–water partition coefficient (Wildman–Crippen LogP) is 3.35. The van der Waals surface area contributed by atoms with E-state index in [1.165, 1.54) is 10.8 Å². The Morgan fingerprint density at radius 3 is 2.65 bits per heavy atom. The van der Waals surface area contributed by atoms with Crippen molar-refractivity contribution in [2.45, 2.75) is 44.3 Å². The summed E-state index contributed by atoms with van der Waals surface area (Å²) in [5.41, 5.74) is -0.409. The van der Waals surface area contributed by atoms with Gasteiger partial charge in [-0.3, -0.25) is 14.4 Å². The van der Waals surface area contributed by atoms with E-state index in [-0.39, 0.29) is 35.1 Å². The molecule has 1 fully saturated rings. The molecule has 1 aliphatic carbocycles. The van der Waals surface area contributed by atoms with Crippen LogP contribution in [-0.2, 0) is 11.3 Å². The van der Waals surface area contributed by atoms with Crippen molar-refractivity contribution in [1.29, 1.82) is 0 Å². The molecule has 0 saturated heterocycles. The number of hydrogen-bond acceptors (Lipinski definition) is 4. The molecule has 9 heteroatoms. The molecule has 0 spiro atoms. The molecule has 0 radical (unpaired) electrons. The third-order valence-corrected chi connectivity index (χ3v) is 6.10. The van der Waals surface area contributed by atoms with Crippen molar-refractivity contribution in [2.24, 2.45) is 0 Å². The molecule has 1 aliphatic rings. The van der Waals surface area contributed by atoms with Crippen molar-refractivity contribution in [2.75, 3.05) is 0 Å². The number of rotatable bonds is 6. The Balaban J connectivity index is 1.72. The number of carbonyl (C=O) groups excluding carboxylic acids is 2. The van der Waals surface area contributed by atoms with E-state index in [4.69, 9.17) is 18.0 Å². The highest BCUT2D eigenvalue weighted by Crippen LogP contribution is 2.21. The number of aromatic nitrogens is 2. The quantitative estimate of drug-likeness (QED) is 0.418. The Bertz CT molecular complexity index is 1340. The van der Waals surface area contributed by atoms with E-state index in [1.807, 2.05) is 0 Å². The monoisotopic (exact) mass is 480 g/mol. The van der Waals surface area contributed by atoms with Crippen LogP contribution in [0.1, 0.15) is 47.6 Å². The Labute approximate surface area is 200 Å². The molecular formula is C25H22ClFN4O3. The van der Waals surface area contributed by atoms with Gasteiger partial charge in [-0.1, -0.05) is 60.7 Å². The van der Waals surface area contributed by atoms with Crippen LogP contribution in [0.25, 0.3) is 11.0 Å². The van der Waals surface area contributed by atoms with Crippen molar-refractivity contribution in [3.05, 3.63) is 74.9 Å². The maximum Gasteiger partial charge on any atom is 0.257 e. The SMILES string of the molecule is C#CCn1cc(C(=O)NC(C(=O)NC2CCCC2)c2ccccc2)c(=O)c2cc(F)c(Cl)nc21. The molecule has 1 unspecified atom stereocenters. The first-order valence-electron chi connectivity index (χ1n) is 10.9. The molecule has 0 aliphatic heterocycles. The van der Waals surface area contributed by atoms with Gasteiger partial charge in [0.1, 0.15) is 17.3 Å². The lowest BCUT2D eigenvalue weighted by atomic mass is 10.0. The molecule has 2 heterocycles. The number of nitrogens with one attached hydrogen (secondary N) is 2. The third kappa shape index (κ3) is 4.80. The van der Waals surface area contributed by atoms with Crippen LogP contribution in [0.4, 0.5) is 4.39 Å². The summed E-state index contributed by atoms with van der Waals surface area (Å²) in [5.74, 6) is 0.361. The second-order valence-corrected chi connectivity index (χ2v) is 8.50. The predicted molar refractivity (Wildman–Crippen MR) is 127 cm³/mol. The first-order chi connectivity index (χ1) is 16.4. The number of terminal acetylenes is 1. The van der Waals surface area contributed by atoms with Crippen LogP contribution in [0.15, 0.2) is 47.4 Å². The molecule has 174 valence electrons. The summed E-state index contributed by atoms with van der Waals surface area (Å²) in [6.45, 7) is -0.0314. The maximum atomic E-state index is 14.1. The zero-order chi connectivity index (χ0) is 24.2. The molecular weight excluding hydrogens is 459 g/mol. The first kappa shape index (κ1) is 23.5. The van der Waals surface area contributed by atoms with Gasteiger partial charge in [0.2, 0.25) is 11.3 Å². The summed E-state index contributed by atoms with van der Waals surface area (Å²) in [5, 5.41) is 5.10. The van der Waals surface area contributed by atoms with E-state index in [2.05, 4.69) is 21.5 Å². The van der Waals surface area contributed by atoms with Crippen LogP contribution in [0, 0.1) is 18.2 Å². The molecule has 2 amide bonds. The highest BCUT2D eigenvalue weighted by molar-refractivity contribution is 6.29. The topological polar surface area (TPSA) is 93.1 Å². The van der Waals surface area contributed by atoms with E-state index < -0.39 is 28.3 Å². The van der Waals surface area contributed by atoms with E-state index in [9.17, 15) is 18.8 Å². The fourth-order valence-corrected chi connectivity index (χ4v) is 4.29. The molecule has 4 rings (SSSR count). The second kappa shape index (κ2) is 10.1. The lowest BCUT2D eigenvalue weighted by molar-refractivity contribution is -0.123. The molecule has 1 atom stereocenters. The Hall–Kier alpha value is -3.70. The highest BCUT2D eigenvalue weighted by Gasteiger charge is 2.28. The number of carbonyl (C=O) groups is 2. The summed E-state index contributed by atoms with van der Waals surface area (Å²) in [7, 11) is 0. The van der Waals surface area contributed by atoms with Gasteiger partial charge in [0.15, 0.2) is 11.0 Å². The van der Waals surface area contributed by atoms with Gasteiger partial charge in [-0.25, -0.2) is 9.37 Å². The number of benzene rings is 1. The molecule has 2 N–H and O–H groups in total. The zero-order valence-corrected chi connectivity index (χ0v) is 18.9. The van der Waals surface area contributed by atoms with Crippen LogP contribution in [0.2, 0.25) is 5.15 Å². The van der Waals surface area contributed by atoms with E-state index in [1.54, 1.807) is 30.3 Å². The summed E-state index contributed by atoms with van der Waals surface area (Å²) in [4.78, 5) is 43.3. The van der Waals surface area contributed by atoms with Crippen molar-refractivity contribution >= 4 is 34.4 Å². The minimum atomic E-state index is -1.02. The van der Waals surface area contributed by atoms with Gasteiger partial charge in [0.25, 0.3) is 5.91 Å². The molecule has 0 bridgehead atoms. The maximum absolute atomic E-state index is 14.1. The number of fused-ring (bicyclic) bond motifs is 1. The average Bonchev–Trinajstić information content (AvgIpc) is 3.34. The standard InChI is InChI=1S/C25H22ClFN4O3/c1-2-12-31-14-18(21(32)17-13-19(27)22(26)30-23(17)31)24(33)29-20(15-8-4-3-5-9-15)25(34)28-16-10-6-7-11-16/h1,3-5,8-9,13-14,16,20H,6-7,10-12H2,(H,28,34)(H,29,33). The minimum absolute atomic E-state index is 0.0314. The fraction of sp³-hybridized carbons (Fsp3) is 0.280. The van der Waals surface area contributed by atoms with Crippen molar-refractivity contribution < 1.29 is 14.0 Å². The lowest BCUT2D eigenvalue weighted by Gasteiger charge is -2.21. The van der Waals surface area contributed by atoms with Gasteiger partial charge in [0.05, 0.1) is 11.9 Å². The van der Waals surface area contributed by atoms with E-state index in [0.29, 0.717) is 5.56 Å². The molecule has 3 aromatic rings. The van der Waals surface area contributed by atoms with E-state index >= 15 is 0 Å². The smallest absolute Gasteiger partial charge is 0.257 e. The molecule has 7 nitrogen and oxygen atoms in total. The van der Waals surface area contributed by atoms with Gasteiger partial charge >= 0.3 is 0 Å². The van der Waals surface area contributed by atoms with Gasteiger partial charge in [-0.05, 0) is 24.5 Å². The zero-order valence-electron chi connectivity index (χ0n) is 18.2. The van der Waals surface area contributed by atoms with Gasteiger partial charge < -0.3 is 15.2 Å². The fourth-order valence-electron chi connectivity index (χ4n) is 4.15. The first-order valence-corrected chi connectivity index (χ1v) is 11.3. The van der Waals surface area contributed by atoms with Crippen molar-refractivity contribution in [3.8, 4) is 12.3 Å². The number of nitrogens with zero attached hydrogens (tertiary/aromatic N) is 2. The summed E-state index contributed by atoms with van der Waals surface area (Å²) < 4.78 is 15.4. The summed E-state index contributed by atoms with van der Waals surface area (Å²) >= 11 is 5.78. The lowest BCUT2D eigenvalue weighted by Crippen LogP contribution is -2.44. The third-order valence-electron chi connectivity index (χ3n) is 5.84. The van der Waals surface area contributed by atoms with Gasteiger partial charge in [-0.15, -0.1) is 6.42 Å². The Morgan fingerprint density at radius 2 is 1.97 bits per heavy atom. The van der Waals surface area contributed by atoms with Crippen molar-refractivity contribution in [3.63, 3.8) is 0 Å². The largest absolute Gasteiger partial charge is 0.351 e. The van der Waals surface area contributed by atoms with E-state index in [0.717, 1.165) is 31.7 Å². The van der Waals surface area contributed by atoms with Gasteiger partial charge in [-0.2, -0.15) is 0 Å². The van der Waals surface area contributed by atoms with Crippen LogP contribution in [0.3, 0.4) is 0 Å². The minimum Gasteiger partial charge on any atom is -0.351 e. The van der Waals surface area contributed by atoms with Gasteiger partial charge in [0, 0.05) is 12.2 Å². The number of halogens is 2. The number of hydrogen-bond donors (Lipinski definition) is 2. The molecule has 1 saturated carbocycles. The van der Waals surface area contributed by atoms with Crippen molar-refractivity contribution in [1.82, 2.24) is 20.2 Å². The summed E-state index contributed by atoms with van der Waals surface area (Å²) in [6.07, 6.45) is 10.5. The number of pyridine rings is 2. The Morgan fingerprint density at radius 1 is 1.26 bits per heavy atom. The van der Waals surface area contributed by atoms with Crippen LogP contribution < -0.4 is 16.1 Å². The summed E-state index contributed by atoms with van der Waals surface area (Å²) in [6, 6.07) is 8.70.